The summed E-state index contributed by atoms with van der Waals surface area (Å²) in [5.41, 5.74) is 1.89. The van der Waals surface area contributed by atoms with E-state index in [0.717, 1.165) is 50.0 Å². The van der Waals surface area contributed by atoms with Crippen LogP contribution in [0.1, 0.15) is 31.0 Å². The van der Waals surface area contributed by atoms with Crippen molar-refractivity contribution in [3.63, 3.8) is 0 Å². The molecular formula is C21H29N4O4S+. The van der Waals surface area contributed by atoms with Crippen molar-refractivity contribution >= 4 is 10.0 Å². The summed E-state index contributed by atoms with van der Waals surface area (Å²) < 4.78 is 33.9. The van der Waals surface area contributed by atoms with Crippen molar-refractivity contribution in [2.75, 3.05) is 39.8 Å². The second-order valence-electron chi connectivity index (χ2n) is 8.06. The molecule has 2 N–H and O–H groups in total. The standard InChI is InChI=1S/C21H28N4O4S/c1-3-13-29-19-8-7-15(30(27,28)25-11-9-24(2)10-12-25)14-17(19)20-22-18-6-4-5-16(18)21(26)23-20/h7-8,14H,3-6,9-13H2,1-2H3,(H,22,23,26)/p+1. The van der Waals surface area contributed by atoms with Gasteiger partial charge in [0, 0.05) is 5.56 Å². The minimum Gasteiger partial charge on any atom is -0.493 e. The Hall–Kier alpha value is -2.23. The van der Waals surface area contributed by atoms with Crippen LogP contribution in [0, 0.1) is 0 Å². The zero-order chi connectivity index (χ0) is 21.3. The molecule has 1 aliphatic heterocycles. The number of aryl methyl sites for hydroxylation is 1. The van der Waals surface area contributed by atoms with Gasteiger partial charge in [0.1, 0.15) is 11.6 Å². The van der Waals surface area contributed by atoms with Gasteiger partial charge in [0.2, 0.25) is 10.0 Å². The van der Waals surface area contributed by atoms with Gasteiger partial charge in [0.15, 0.2) is 0 Å². The zero-order valence-electron chi connectivity index (χ0n) is 17.5. The van der Waals surface area contributed by atoms with Gasteiger partial charge in [0.05, 0.1) is 56.0 Å². The molecule has 1 aromatic carbocycles. The molecule has 0 bridgehead atoms. The van der Waals surface area contributed by atoms with Crippen LogP contribution in [0.2, 0.25) is 0 Å². The summed E-state index contributed by atoms with van der Waals surface area (Å²) in [6.07, 6.45) is 3.22. The summed E-state index contributed by atoms with van der Waals surface area (Å²) in [5.74, 6) is 0.895. The lowest BCUT2D eigenvalue weighted by atomic mass is 10.1. The number of piperazine rings is 1. The minimum atomic E-state index is -3.63. The van der Waals surface area contributed by atoms with Gasteiger partial charge in [-0.1, -0.05) is 6.92 Å². The van der Waals surface area contributed by atoms with Crippen LogP contribution < -0.4 is 15.2 Å². The smallest absolute Gasteiger partial charge is 0.254 e. The lowest BCUT2D eigenvalue weighted by Crippen LogP contribution is -3.12. The molecule has 2 aromatic rings. The fourth-order valence-electron chi connectivity index (χ4n) is 4.02. The molecule has 1 aromatic heterocycles. The topological polar surface area (TPSA) is 96.8 Å². The normalized spacial score (nSPS) is 17.8. The van der Waals surface area contributed by atoms with Crippen LogP contribution in [0.15, 0.2) is 27.9 Å². The van der Waals surface area contributed by atoms with E-state index in [9.17, 15) is 13.2 Å². The molecule has 0 atom stereocenters. The number of ether oxygens (including phenoxy) is 1. The van der Waals surface area contributed by atoms with Crippen molar-refractivity contribution in [1.82, 2.24) is 14.3 Å². The fraction of sp³-hybridized carbons (Fsp3) is 0.524. The van der Waals surface area contributed by atoms with E-state index in [1.807, 2.05) is 6.92 Å². The quantitative estimate of drug-likeness (QED) is 0.680. The maximum absolute atomic E-state index is 13.2. The van der Waals surface area contributed by atoms with Gasteiger partial charge in [-0.3, -0.25) is 4.79 Å². The maximum Gasteiger partial charge on any atom is 0.254 e. The Balaban J connectivity index is 1.77. The predicted octanol–water partition coefficient (Wildman–Crippen LogP) is 0.233. The molecule has 0 saturated carbocycles. The summed E-state index contributed by atoms with van der Waals surface area (Å²) in [6.45, 7) is 5.04. The minimum absolute atomic E-state index is 0.149. The molecule has 0 unspecified atom stereocenters. The first kappa shape index (κ1) is 21.0. The summed E-state index contributed by atoms with van der Waals surface area (Å²) in [6, 6.07) is 4.85. The van der Waals surface area contributed by atoms with Gasteiger partial charge in [0.25, 0.3) is 5.56 Å². The van der Waals surface area contributed by atoms with Crippen LogP contribution >= 0.6 is 0 Å². The van der Waals surface area contributed by atoms with Crippen LogP contribution in [-0.2, 0) is 22.9 Å². The third kappa shape index (κ3) is 4.01. The van der Waals surface area contributed by atoms with Gasteiger partial charge in [-0.2, -0.15) is 4.31 Å². The average molecular weight is 434 g/mol. The van der Waals surface area contributed by atoms with Crippen molar-refractivity contribution in [1.29, 1.82) is 0 Å². The Morgan fingerprint density at radius 1 is 1.23 bits per heavy atom. The number of fused-ring (bicyclic) bond motifs is 1. The van der Waals surface area contributed by atoms with E-state index in [0.29, 0.717) is 36.8 Å². The van der Waals surface area contributed by atoms with Gasteiger partial charge in [-0.25, -0.2) is 13.4 Å². The van der Waals surface area contributed by atoms with E-state index in [1.54, 1.807) is 18.2 Å². The lowest BCUT2D eigenvalue weighted by Gasteiger charge is -2.29. The van der Waals surface area contributed by atoms with E-state index >= 15 is 0 Å². The zero-order valence-corrected chi connectivity index (χ0v) is 18.3. The lowest BCUT2D eigenvalue weighted by molar-refractivity contribution is -0.883. The van der Waals surface area contributed by atoms with E-state index in [-0.39, 0.29) is 10.5 Å². The highest BCUT2D eigenvalue weighted by molar-refractivity contribution is 7.89. The van der Waals surface area contributed by atoms with Crippen LogP contribution in [-0.4, -0.2) is 62.5 Å². The molecule has 2 aliphatic rings. The molecule has 4 rings (SSSR count). The number of nitrogens with one attached hydrogen (secondary N) is 2. The predicted molar refractivity (Wildman–Crippen MR) is 113 cm³/mol. The van der Waals surface area contributed by atoms with E-state index in [4.69, 9.17) is 4.74 Å². The molecule has 0 amide bonds. The largest absolute Gasteiger partial charge is 0.493 e. The highest BCUT2D eigenvalue weighted by Gasteiger charge is 2.30. The Kier molecular flexibility index (Phi) is 5.95. The first-order valence-corrected chi connectivity index (χ1v) is 12.0. The van der Waals surface area contributed by atoms with Crippen molar-refractivity contribution < 1.29 is 18.1 Å². The number of aromatic nitrogens is 2. The molecule has 0 spiro atoms. The number of aromatic amines is 1. The van der Waals surface area contributed by atoms with Crippen molar-refractivity contribution in [2.24, 2.45) is 0 Å². The Morgan fingerprint density at radius 3 is 2.73 bits per heavy atom. The Bertz CT molecular complexity index is 1090. The van der Waals surface area contributed by atoms with Crippen LogP contribution in [0.25, 0.3) is 11.4 Å². The molecular weight excluding hydrogens is 404 g/mol. The molecule has 0 radical (unpaired) electrons. The number of hydrogen-bond acceptors (Lipinski definition) is 5. The first-order valence-electron chi connectivity index (χ1n) is 10.6. The second kappa shape index (κ2) is 8.49. The number of rotatable bonds is 6. The van der Waals surface area contributed by atoms with Crippen LogP contribution in [0.4, 0.5) is 0 Å². The molecule has 9 heteroatoms. The van der Waals surface area contributed by atoms with Crippen molar-refractivity contribution in [3.8, 4) is 17.1 Å². The molecule has 8 nitrogen and oxygen atoms in total. The van der Waals surface area contributed by atoms with E-state index < -0.39 is 10.0 Å². The Morgan fingerprint density at radius 2 is 2.00 bits per heavy atom. The third-order valence-electron chi connectivity index (χ3n) is 5.82. The highest BCUT2D eigenvalue weighted by atomic mass is 32.2. The number of quaternary nitrogens is 1. The van der Waals surface area contributed by atoms with Crippen molar-refractivity contribution in [2.45, 2.75) is 37.5 Å². The highest BCUT2D eigenvalue weighted by Crippen LogP contribution is 2.32. The van der Waals surface area contributed by atoms with Crippen molar-refractivity contribution in [3.05, 3.63) is 39.8 Å². The first-order chi connectivity index (χ1) is 14.4. The monoisotopic (exact) mass is 433 g/mol. The summed E-state index contributed by atoms with van der Waals surface area (Å²) >= 11 is 0. The van der Waals surface area contributed by atoms with E-state index in [1.165, 1.54) is 9.21 Å². The molecule has 2 heterocycles. The van der Waals surface area contributed by atoms with Crippen LogP contribution in [0.3, 0.4) is 0 Å². The summed E-state index contributed by atoms with van der Waals surface area (Å²) in [4.78, 5) is 21.5. The van der Waals surface area contributed by atoms with Gasteiger partial charge in [-0.05, 0) is 43.9 Å². The number of nitrogens with zero attached hydrogens (tertiary/aromatic N) is 2. The molecule has 162 valence electrons. The summed E-state index contributed by atoms with van der Waals surface area (Å²) in [5, 5.41) is 0. The molecule has 30 heavy (non-hydrogen) atoms. The van der Waals surface area contributed by atoms with Gasteiger partial charge < -0.3 is 14.6 Å². The fourth-order valence-corrected chi connectivity index (χ4v) is 5.49. The number of benzene rings is 1. The van der Waals surface area contributed by atoms with E-state index in [2.05, 4.69) is 17.0 Å². The third-order valence-corrected chi connectivity index (χ3v) is 7.72. The number of sulfonamides is 1. The molecule has 1 saturated heterocycles. The SMILES string of the molecule is CCCOc1ccc(S(=O)(=O)N2CC[NH+](C)CC2)cc1-c1nc2c(c(=O)[nH]1)CCC2. The van der Waals surface area contributed by atoms with Gasteiger partial charge >= 0.3 is 0 Å². The molecule has 1 aliphatic carbocycles. The Labute approximate surface area is 176 Å². The summed E-state index contributed by atoms with van der Waals surface area (Å²) in [7, 11) is -1.56. The molecule has 1 fully saturated rings. The second-order valence-corrected chi connectivity index (χ2v) is 10.00. The maximum atomic E-state index is 13.2. The van der Waals surface area contributed by atoms with Crippen LogP contribution in [0.5, 0.6) is 5.75 Å². The number of hydrogen-bond donors (Lipinski definition) is 2. The number of H-pyrrole nitrogens is 1. The average Bonchev–Trinajstić information content (AvgIpc) is 3.22. The van der Waals surface area contributed by atoms with Gasteiger partial charge in [-0.15, -0.1) is 0 Å². The number of likely N-dealkylation sites (N-methyl/N-ethyl adjacent to an activating group) is 1.